The standard InChI is InChI=1S/C16H11NO3/c1-8-7-10-13(16(19)20-15(10)18)12-9-5-3-4-6-11(9)17(2)14(8)12/h3-7H,1-2H3. The highest BCUT2D eigenvalue weighted by Gasteiger charge is 2.34. The minimum Gasteiger partial charge on any atom is -0.386 e. The molecule has 0 bridgehead atoms. The molecule has 1 aliphatic rings. The first kappa shape index (κ1) is 11.2. The van der Waals surface area contributed by atoms with E-state index in [1.54, 1.807) is 6.07 Å². The minimum atomic E-state index is -0.553. The number of ether oxygens (including phenoxy) is 1. The zero-order valence-corrected chi connectivity index (χ0v) is 11.1. The molecule has 0 radical (unpaired) electrons. The number of benzene rings is 2. The Morgan fingerprint density at radius 1 is 1.10 bits per heavy atom. The van der Waals surface area contributed by atoms with Gasteiger partial charge in [0.25, 0.3) is 0 Å². The van der Waals surface area contributed by atoms with Crippen molar-refractivity contribution in [3.05, 3.63) is 47.0 Å². The first-order valence-corrected chi connectivity index (χ1v) is 6.37. The molecule has 0 saturated heterocycles. The Morgan fingerprint density at radius 3 is 2.65 bits per heavy atom. The van der Waals surface area contributed by atoms with E-state index >= 15 is 0 Å². The quantitative estimate of drug-likeness (QED) is 0.464. The number of esters is 2. The Balaban J connectivity index is 2.37. The van der Waals surface area contributed by atoms with Crippen molar-refractivity contribution in [1.82, 2.24) is 4.57 Å². The predicted molar refractivity (Wildman–Crippen MR) is 74.9 cm³/mol. The molecule has 2 aromatic carbocycles. The summed E-state index contributed by atoms with van der Waals surface area (Å²) in [5, 5.41) is 1.78. The highest BCUT2D eigenvalue weighted by atomic mass is 16.6. The lowest BCUT2D eigenvalue weighted by atomic mass is 9.99. The highest BCUT2D eigenvalue weighted by molar-refractivity contribution is 6.26. The second-order valence-electron chi connectivity index (χ2n) is 5.09. The Labute approximate surface area is 114 Å². The smallest absolute Gasteiger partial charge is 0.347 e. The van der Waals surface area contributed by atoms with Gasteiger partial charge in [-0.1, -0.05) is 18.2 Å². The van der Waals surface area contributed by atoms with Gasteiger partial charge in [0.15, 0.2) is 0 Å². The maximum Gasteiger partial charge on any atom is 0.347 e. The maximum atomic E-state index is 12.0. The molecule has 0 spiro atoms. The summed E-state index contributed by atoms with van der Waals surface area (Å²) in [6.07, 6.45) is 0. The number of para-hydroxylation sites is 1. The maximum absolute atomic E-state index is 12.0. The molecule has 0 amide bonds. The summed E-state index contributed by atoms with van der Waals surface area (Å²) >= 11 is 0. The number of hydrogen-bond donors (Lipinski definition) is 0. The summed E-state index contributed by atoms with van der Waals surface area (Å²) < 4.78 is 6.82. The van der Waals surface area contributed by atoms with E-state index in [4.69, 9.17) is 4.74 Å². The highest BCUT2D eigenvalue weighted by Crippen LogP contribution is 2.37. The molecule has 0 saturated carbocycles. The van der Waals surface area contributed by atoms with Crippen molar-refractivity contribution in [3.63, 3.8) is 0 Å². The normalized spacial score (nSPS) is 14.1. The predicted octanol–water partition coefficient (Wildman–Crippen LogP) is 2.95. The molecule has 1 aromatic heterocycles. The van der Waals surface area contributed by atoms with Gasteiger partial charge in [0.1, 0.15) is 0 Å². The van der Waals surface area contributed by atoms with Crippen LogP contribution in [0.5, 0.6) is 0 Å². The van der Waals surface area contributed by atoms with E-state index in [-0.39, 0.29) is 0 Å². The first-order valence-electron chi connectivity index (χ1n) is 6.37. The zero-order valence-electron chi connectivity index (χ0n) is 11.1. The number of rotatable bonds is 0. The zero-order chi connectivity index (χ0) is 14.0. The van der Waals surface area contributed by atoms with Crippen molar-refractivity contribution in [2.45, 2.75) is 6.92 Å². The van der Waals surface area contributed by atoms with Gasteiger partial charge in [-0.3, -0.25) is 0 Å². The molecular weight excluding hydrogens is 254 g/mol. The van der Waals surface area contributed by atoms with Gasteiger partial charge in [-0.05, 0) is 24.6 Å². The summed E-state index contributed by atoms with van der Waals surface area (Å²) in [6.45, 7) is 1.94. The van der Waals surface area contributed by atoms with Crippen molar-refractivity contribution < 1.29 is 14.3 Å². The lowest BCUT2D eigenvalue weighted by Gasteiger charge is -2.03. The number of carbonyl (C=O) groups excluding carboxylic acids is 2. The summed E-state index contributed by atoms with van der Waals surface area (Å²) in [7, 11) is 1.96. The molecule has 4 rings (SSSR count). The van der Waals surface area contributed by atoms with Crippen LogP contribution in [0.15, 0.2) is 30.3 Å². The van der Waals surface area contributed by atoms with Crippen LogP contribution in [0.3, 0.4) is 0 Å². The van der Waals surface area contributed by atoms with Gasteiger partial charge in [0.05, 0.1) is 16.6 Å². The number of cyclic esters (lactones) is 2. The van der Waals surface area contributed by atoms with Gasteiger partial charge in [0.2, 0.25) is 0 Å². The Morgan fingerprint density at radius 2 is 1.85 bits per heavy atom. The lowest BCUT2D eigenvalue weighted by molar-refractivity contribution is 0.0444. The van der Waals surface area contributed by atoms with Crippen LogP contribution in [-0.4, -0.2) is 16.5 Å². The van der Waals surface area contributed by atoms with Gasteiger partial charge in [-0.25, -0.2) is 9.59 Å². The van der Waals surface area contributed by atoms with E-state index in [2.05, 4.69) is 4.57 Å². The van der Waals surface area contributed by atoms with Gasteiger partial charge in [-0.2, -0.15) is 0 Å². The van der Waals surface area contributed by atoms with Crippen molar-refractivity contribution in [3.8, 4) is 0 Å². The third-order valence-corrected chi connectivity index (χ3v) is 3.97. The van der Waals surface area contributed by atoms with Gasteiger partial charge in [-0.15, -0.1) is 0 Å². The fraction of sp³-hybridized carbons (Fsp3) is 0.125. The molecule has 3 aromatic rings. The van der Waals surface area contributed by atoms with Crippen LogP contribution in [0, 0.1) is 6.92 Å². The van der Waals surface area contributed by atoms with Crippen molar-refractivity contribution >= 4 is 33.7 Å². The van der Waals surface area contributed by atoms with E-state index in [1.807, 2.05) is 38.2 Å². The fourth-order valence-corrected chi connectivity index (χ4v) is 3.16. The number of aryl methyl sites for hydroxylation is 2. The fourth-order valence-electron chi connectivity index (χ4n) is 3.16. The van der Waals surface area contributed by atoms with E-state index < -0.39 is 11.9 Å². The number of nitrogens with zero attached hydrogens (tertiary/aromatic N) is 1. The molecule has 0 atom stereocenters. The molecule has 98 valence electrons. The van der Waals surface area contributed by atoms with Crippen LogP contribution in [0.2, 0.25) is 0 Å². The monoisotopic (exact) mass is 265 g/mol. The number of fused-ring (bicyclic) bond motifs is 5. The average molecular weight is 265 g/mol. The van der Waals surface area contributed by atoms with Crippen LogP contribution >= 0.6 is 0 Å². The Kier molecular flexibility index (Phi) is 1.95. The van der Waals surface area contributed by atoms with Crippen LogP contribution in [0.4, 0.5) is 0 Å². The van der Waals surface area contributed by atoms with Crippen LogP contribution < -0.4 is 0 Å². The molecule has 2 heterocycles. The summed E-state index contributed by atoms with van der Waals surface area (Å²) in [5.74, 6) is -1.10. The van der Waals surface area contributed by atoms with E-state index in [0.717, 1.165) is 27.4 Å². The van der Waals surface area contributed by atoms with Gasteiger partial charge < -0.3 is 9.30 Å². The van der Waals surface area contributed by atoms with Crippen molar-refractivity contribution in [2.24, 2.45) is 7.05 Å². The van der Waals surface area contributed by atoms with E-state index in [9.17, 15) is 9.59 Å². The molecule has 20 heavy (non-hydrogen) atoms. The second-order valence-corrected chi connectivity index (χ2v) is 5.09. The third-order valence-electron chi connectivity index (χ3n) is 3.97. The SMILES string of the molecule is Cc1cc2c(c3c4ccccc4n(C)c13)C(=O)OC2=O. The van der Waals surface area contributed by atoms with Crippen LogP contribution in [-0.2, 0) is 11.8 Å². The molecule has 4 heteroatoms. The topological polar surface area (TPSA) is 48.3 Å². The lowest BCUT2D eigenvalue weighted by Crippen LogP contribution is -1.97. The number of hydrogen-bond acceptors (Lipinski definition) is 3. The Bertz CT molecular complexity index is 934. The molecule has 0 aliphatic carbocycles. The Hall–Kier alpha value is -2.62. The van der Waals surface area contributed by atoms with Crippen molar-refractivity contribution in [2.75, 3.05) is 0 Å². The average Bonchev–Trinajstić information content (AvgIpc) is 2.87. The molecule has 1 aliphatic heterocycles. The van der Waals surface area contributed by atoms with Gasteiger partial charge >= 0.3 is 11.9 Å². The summed E-state index contributed by atoms with van der Waals surface area (Å²) in [4.78, 5) is 23.8. The largest absolute Gasteiger partial charge is 0.386 e. The number of aromatic nitrogens is 1. The third kappa shape index (κ3) is 1.16. The molecular formula is C16H11NO3. The molecule has 0 N–H and O–H groups in total. The minimum absolute atomic E-state index is 0.372. The molecule has 4 nitrogen and oxygen atoms in total. The van der Waals surface area contributed by atoms with E-state index in [0.29, 0.717) is 11.1 Å². The van der Waals surface area contributed by atoms with E-state index in [1.165, 1.54) is 0 Å². The van der Waals surface area contributed by atoms with Crippen molar-refractivity contribution in [1.29, 1.82) is 0 Å². The molecule has 0 unspecified atom stereocenters. The molecule has 0 fully saturated rings. The summed E-state index contributed by atoms with van der Waals surface area (Å²) in [5.41, 5.74) is 3.73. The van der Waals surface area contributed by atoms with Crippen LogP contribution in [0.25, 0.3) is 21.8 Å². The van der Waals surface area contributed by atoms with Crippen LogP contribution in [0.1, 0.15) is 26.3 Å². The summed E-state index contributed by atoms with van der Waals surface area (Å²) in [6, 6.07) is 9.60. The second kappa shape index (κ2) is 3.48. The number of carbonyl (C=O) groups is 2. The van der Waals surface area contributed by atoms with Gasteiger partial charge in [0, 0.05) is 23.3 Å². The first-order chi connectivity index (χ1) is 9.59.